The third-order valence-electron chi connectivity index (χ3n) is 5.94. The number of hydrogen-bond acceptors (Lipinski definition) is 3. The minimum atomic E-state index is -0.445. The summed E-state index contributed by atoms with van der Waals surface area (Å²) >= 11 is 0. The molecular formula is C23H33N3O3. The fourth-order valence-corrected chi connectivity index (χ4v) is 4.18. The van der Waals surface area contributed by atoms with Crippen molar-refractivity contribution >= 4 is 23.4 Å². The maximum Gasteiger partial charge on any atom is 0.254 e. The van der Waals surface area contributed by atoms with Crippen LogP contribution < -0.4 is 5.32 Å². The lowest BCUT2D eigenvalue weighted by Gasteiger charge is -2.36. The summed E-state index contributed by atoms with van der Waals surface area (Å²) in [5.74, 6) is -0.183. The Balaban J connectivity index is 1.69. The third-order valence-corrected chi connectivity index (χ3v) is 5.94. The van der Waals surface area contributed by atoms with Crippen molar-refractivity contribution in [3.05, 3.63) is 29.3 Å². The molecule has 2 heterocycles. The second kappa shape index (κ2) is 8.56. The van der Waals surface area contributed by atoms with E-state index in [1.54, 1.807) is 0 Å². The van der Waals surface area contributed by atoms with Crippen LogP contribution in [0.1, 0.15) is 62.4 Å². The first kappa shape index (κ1) is 21.3. The van der Waals surface area contributed by atoms with Crippen molar-refractivity contribution in [1.82, 2.24) is 9.80 Å². The van der Waals surface area contributed by atoms with E-state index in [0.29, 0.717) is 24.3 Å². The highest BCUT2D eigenvalue weighted by atomic mass is 16.2. The fourth-order valence-electron chi connectivity index (χ4n) is 4.18. The first-order valence-corrected chi connectivity index (χ1v) is 10.7. The van der Waals surface area contributed by atoms with Crippen molar-refractivity contribution < 1.29 is 14.4 Å². The van der Waals surface area contributed by atoms with E-state index in [-0.39, 0.29) is 23.6 Å². The summed E-state index contributed by atoms with van der Waals surface area (Å²) in [4.78, 5) is 42.0. The molecule has 29 heavy (non-hydrogen) atoms. The Bertz CT molecular complexity index is 791. The van der Waals surface area contributed by atoms with Gasteiger partial charge < -0.3 is 15.1 Å². The molecule has 158 valence electrons. The molecule has 6 nitrogen and oxygen atoms in total. The Morgan fingerprint density at radius 2 is 1.66 bits per heavy atom. The van der Waals surface area contributed by atoms with Crippen LogP contribution in [0, 0.1) is 18.3 Å². The van der Waals surface area contributed by atoms with Crippen LogP contribution in [-0.2, 0) is 9.59 Å². The minimum Gasteiger partial charge on any atom is -0.341 e. The molecular weight excluding hydrogens is 366 g/mol. The van der Waals surface area contributed by atoms with E-state index in [4.69, 9.17) is 0 Å². The lowest BCUT2D eigenvalue weighted by atomic mass is 9.91. The van der Waals surface area contributed by atoms with Crippen molar-refractivity contribution in [3.8, 4) is 0 Å². The summed E-state index contributed by atoms with van der Waals surface area (Å²) in [6.45, 7) is 10.4. The van der Waals surface area contributed by atoms with Gasteiger partial charge in [0.2, 0.25) is 11.8 Å². The molecule has 1 aromatic carbocycles. The van der Waals surface area contributed by atoms with Crippen molar-refractivity contribution in [2.45, 2.75) is 53.4 Å². The quantitative estimate of drug-likeness (QED) is 0.846. The van der Waals surface area contributed by atoms with E-state index in [1.807, 2.05) is 55.7 Å². The zero-order chi connectivity index (χ0) is 21.2. The van der Waals surface area contributed by atoms with Crippen LogP contribution in [0.25, 0.3) is 0 Å². The van der Waals surface area contributed by atoms with Crippen LogP contribution in [0.4, 0.5) is 5.69 Å². The topological polar surface area (TPSA) is 69.7 Å². The van der Waals surface area contributed by atoms with E-state index in [0.717, 1.165) is 44.3 Å². The molecule has 2 aliphatic heterocycles. The molecule has 2 saturated heterocycles. The number of hydrogen-bond donors (Lipinski definition) is 1. The van der Waals surface area contributed by atoms with Gasteiger partial charge in [-0.25, -0.2) is 0 Å². The SMILES string of the molecule is Cc1c(NC(=O)C2CCCN(C(=O)C(C)(C)C)C2)cccc1C(=O)N1CCCC1. The fraction of sp³-hybridized carbons (Fsp3) is 0.609. The average molecular weight is 400 g/mol. The number of nitrogens with one attached hydrogen (secondary N) is 1. The molecule has 0 aromatic heterocycles. The van der Waals surface area contributed by atoms with E-state index in [1.165, 1.54) is 0 Å². The molecule has 1 aromatic rings. The van der Waals surface area contributed by atoms with Crippen LogP contribution in [0.2, 0.25) is 0 Å². The second-order valence-electron chi connectivity index (χ2n) is 9.31. The lowest BCUT2D eigenvalue weighted by molar-refractivity contribution is -0.142. The van der Waals surface area contributed by atoms with E-state index >= 15 is 0 Å². The number of piperidine rings is 1. The van der Waals surface area contributed by atoms with Gasteiger partial charge in [0.1, 0.15) is 0 Å². The molecule has 0 radical (unpaired) electrons. The highest BCUT2D eigenvalue weighted by Crippen LogP contribution is 2.26. The smallest absolute Gasteiger partial charge is 0.254 e. The van der Waals surface area contributed by atoms with Gasteiger partial charge in [-0.05, 0) is 50.3 Å². The largest absolute Gasteiger partial charge is 0.341 e. The van der Waals surface area contributed by atoms with Crippen molar-refractivity contribution in [3.63, 3.8) is 0 Å². The number of carbonyl (C=O) groups excluding carboxylic acids is 3. The van der Waals surface area contributed by atoms with Gasteiger partial charge in [0.05, 0.1) is 5.92 Å². The molecule has 3 amide bonds. The zero-order valence-corrected chi connectivity index (χ0v) is 18.1. The minimum absolute atomic E-state index is 0.0377. The van der Waals surface area contributed by atoms with Crippen LogP contribution in [0.3, 0.4) is 0 Å². The summed E-state index contributed by atoms with van der Waals surface area (Å²) in [5, 5.41) is 3.02. The molecule has 6 heteroatoms. The van der Waals surface area contributed by atoms with Crippen molar-refractivity contribution in [1.29, 1.82) is 0 Å². The van der Waals surface area contributed by atoms with Gasteiger partial charge >= 0.3 is 0 Å². The van der Waals surface area contributed by atoms with Gasteiger partial charge in [0.25, 0.3) is 5.91 Å². The van der Waals surface area contributed by atoms with Crippen LogP contribution >= 0.6 is 0 Å². The van der Waals surface area contributed by atoms with Crippen LogP contribution in [0.15, 0.2) is 18.2 Å². The summed E-state index contributed by atoms with van der Waals surface area (Å²) in [6.07, 6.45) is 3.69. The van der Waals surface area contributed by atoms with Gasteiger partial charge in [-0.1, -0.05) is 26.8 Å². The predicted molar refractivity (Wildman–Crippen MR) is 114 cm³/mol. The lowest BCUT2D eigenvalue weighted by Crippen LogP contribution is -2.47. The maximum atomic E-state index is 12.9. The van der Waals surface area contributed by atoms with Crippen molar-refractivity contribution in [2.24, 2.45) is 11.3 Å². The van der Waals surface area contributed by atoms with Gasteiger partial charge in [-0.2, -0.15) is 0 Å². The number of nitrogens with zero attached hydrogens (tertiary/aromatic N) is 2. The third kappa shape index (κ3) is 4.80. The Morgan fingerprint density at radius 3 is 2.31 bits per heavy atom. The molecule has 3 rings (SSSR count). The summed E-state index contributed by atoms with van der Waals surface area (Å²) in [6, 6.07) is 5.49. The highest BCUT2D eigenvalue weighted by Gasteiger charge is 2.33. The number of anilines is 1. The van der Waals surface area contributed by atoms with E-state index < -0.39 is 5.41 Å². The van der Waals surface area contributed by atoms with E-state index in [2.05, 4.69) is 5.32 Å². The Morgan fingerprint density at radius 1 is 1.00 bits per heavy atom. The Hall–Kier alpha value is -2.37. The maximum absolute atomic E-state index is 12.9. The molecule has 0 spiro atoms. The number of rotatable bonds is 3. The van der Waals surface area contributed by atoms with Gasteiger partial charge in [0, 0.05) is 42.8 Å². The van der Waals surface area contributed by atoms with Crippen LogP contribution in [0.5, 0.6) is 0 Å². The second-order valence-corrected chi connectivity index (χ2v) is 9.31. The number of benzene rings is 1. The van der Waals surface area contributed by atoms with Crippen molar-refractivity contribution in [2.75, 3.05) is 31.5 Å². The molecule has 2 aliphatic rings. The first-order chi connectivity index (χ1) is 13.7. The van der Waals surface area contributed by atoms with Crippen LogP contribution in [-0.4, -0.2) is 53.7 Å². The Labute approximate surface area is 173 Å². The standard InChI is InChI=1S/C23H33N3O3/c1-16-18(21(28)25-12-5-6-13-25)10-7-11-19(16)24-20(27)17-9-8-14-26(15-17)22(29)23(2,3)4/h7,10-11,17H,5-6,8-9,12-15H2,1-4H3,(H,24,27). The normalized spacial score (nSPS) is 19.9. The number of likely N-dealkylation sites (tertiary alicyclic amines) is 2. The average Bonchev–Trinajstić information content (AvgIpc) is 3.22. The Kier molecular flexibility index (Phi) is 6.30. The molecule has 1 atom stereocenters. The number of amides is 3. The van der Waals surface area contributed by atoms with E-state index in [9.17, 15) is 14.4 Å². The van der Waals surface area contributed by atoms with Gasteiger partial charge in [0.15, 0.2) is 0 Å². The zero-order valence-electron chi connectivity index (χ0n) is 18.1. The van der Waals surface area contributed by atoms with Gasteiger partial charge in [-0.15, -0.1) is 0 Å². The number of carbonyl (C=O) groups is 3. The first-order valence-electron chi connectivity index (χ1n) is 10.7. The summed E-state index contributed by atoms with van der Waals surface area (Å²) in [7, 11) is 0. The molecule has 2 fully saturated rings. The summed E-state index contributed by atoms with van der Waals surface area (Å²) in [5.41, 5.74) is 1.69. The molecule has 0 bridgehead atoms. The molecule has 0 saturated carbocycles. The monoisotopic (exact) mass is 399 g/mol. The van der Waals surface area contributed by atoms with Gasteiger partial charge in [-0.3, -0.25) is 14.4 Å². The molecule has 0 aliphatic carbocycles. The molecule has 1 unspecified atom stereocenters. The molecule has 1 N–H and O–H groups in total. The highest BCUT2D eigenvalue weighted by molar-refractivity contribution is 6.00. The predicted octanol–water partition coefficient (Wildman–Crippen LogP) is 3.45. The summed E-state index contributed by atoms with van der Waals surface area (Å²) < 4.78 is 0.